The van der Waals surface area contributed by atoms with Crippen molar-refractivity contribution in [2.75, 3.05) is 12.4 Å². The Morgan fingerprint density at radius 1 is 1.04 bits per heavy atom. The van der Waals surface area contributed by atoms with Crippen molar-refractivity contribution in [2.24, 2.45) is 0 Å². The smallest absolute Gasteiger partial charge is 0.256 e. The Bertz CT molecular complexity index is 1130. The molecule has 0 fully saturated rings. The average Bonchev–Trinajstić information content (AvgIpc) is 3.13. The molecule has 5 heteroatoms. The van der Waals surface area contributed by atoms with Gasteiger partial charge in [-0.25, -0.2) is 4.98 Å². The number of ether oxygens (including phenoxy) is 1. The van der Waals surface area contributed by atoms with Crippen LogP contribution in [0, 0.1) is 6.92 Å². The van der Waals surface area contributed by atoms with Crippen LogP contribution in [0.5, 0.6) is 5.75 Å². The minimum absolute atomic E-state index is 0.170. The number of amides is 1. The summed E-state index contributed by atoms with van der Waals surface area (Å²) in [5.74, 6) is 0.526. The van der Waals surface area contributed by atoms with Gasteiger partial charge in [0.25, 0.3) is 5.91 Å². The summed E-state index contributed by atoms with van der Waals surface area (Å²) in [6, 6.07) is 21.0. The lowest BCUT2D eigenvalue weighted by molar-refractivity contribution is 0.102. The third-order valence-electron chi connectivity index (χ3n) is 4.28. The van der Waals surface area contributed by atoms with Crippen LogP contribution in [-0.2, 0) is 0 Å². The fourth-order valence-electron chi connectivity index (χ4n) is 2.96. The minimum Gasteiger partial charge on any atom is -0.497 e. The summed E-state index contributed by atoms with van der Waals surface area (Å²) in [6.07, 6.45) is 0. The van der Waals surface area contributed by atoms with Crippen molar-refractivity contribution in [3.05, 3.63) is 77.2 Å². The monoisotopic (exact) mass is 374 g/mol. The number of aryl methyl sites for hydroxylation is 1. The summed E-state index contributed by atoms with van der Waals surface area (Å²) < 4.78 is 5.23. The summed E-state index contributed by atoms with van der Waals surface area (Å²) >= 11 is 1.67. The van der Waals surface area contributed by atoms with Gasteiger partial charge in [0.05, 0.1) is 28.8 Å². The SMILES string of the molecule is COc1cccc(NC(=O)c2cc(-c3ccc(C)s3)nc3ccccc23)c1. The number of para-hydroxylation sites is 1. The maximum atomic E-state index is 13.0. The molecule has 2 aromatic heterocycles. The number of carbonyl (C=O) groups excluding carboxylic acids is 1. The maximum Gasteiger partial charge on any atom is 0.256 e. The lowest BCUT2D eigenvalue weighted by Gasteiger charge is -2.11. The van der Waals surface area contributed by atoms with Gasteiger partial charge < -0.3 is 10.1 Å². The molecule has 0 saturated carbocycles. The van der Waals surface area contributed by atoms with Gasteiger partial charge in [0.15, 0.2) is 0 Å². The summed E-state index contributed by atoms with van der Waals surface area (Å²) in [5, 5.41) is 3.79. The Morgan fingerprint density at radius 3 is 2.67 bits per heavy atom. The fourth-order valence-corrected chi connectivity index (χ4v) is 3.79. The van der Waals surface area contributed by atoms with Gasteiger partial charge in [-0.3, -0.25) is 4.79 Å². The second kappa shape index (κ2) is 7.21. The number of nitrogens with one attached hydrogen (secondary N) is 1. The molecule has 2 aromatic carbocycles. The Labute approximate surface area is 161 Å². The van der Waals surface area contributed by atoms with E-state index < -0.39 is 0 Å². The average molecular weight is 374 g/mol. The van der Waals surface area contributed by atoms with Gasteiger partial charge in [-0.2, -0.15) is 0 Å². The van der Waals surface area contributed by atoms with Gasteiger partial charge in [0.1, 0.15) is 5.75 Å². The molecule has 0 saturated heterocycles. The van der Waals surface area contributed by atoms with Gasteiger partial charge in [0.2, 0.25) is 0 Å². The van der Waals surface area contributed by atoms with Crippen LogP contribution in [-0.4, -0.2) is 18.0 Å². The zero-order valence-electron chi connectivity index (χ0n) is 15.0. The minimum atomic E-state index is -0.170. The quantitative estimate of drug-likeness (QED) is 0.511. The van der Waals surface area contributed by atoms with Crippen molar-refractivity contribution >= 4 is 33.8 Å². The molecule has 0 spiro atoms. The molecule has 1 amide bonds. The lowest BCUT2D eigenvalue weighted by Crippen LogP contribution is -2.13. The first-order chi connectivity index (χ1) is 13.1. The van der Waals surface area contributed by atoms with Crippen LogP contribution in [0.3, 0.4) is 0 Å². The van der Waals surface area contributed by atoms with E-state index in [1.807, 2.05) is 54.6 Å². The van der Waals surface area contributed by atoms with E-state index in [1.165, 1.54) is 4.88 Å². The molecule has 0 unspecified atom stereocenters. The van der Waals surface area contributed by atoms with Crippen molar-refractivity contribution < 1.29 is 9.53 Å². The van der Waals surface area contributed by atoms with Crippen LogP contribution < -0.4 is 10.1 Å². The molecule has 4 rings (SSSR count). The molecule has 0 radical (unpaired) electrons. The van der Waals surface area contributed by atoms with Gasteiger partial charge in [0, 0.05) is 22.0 Å². The van der Waals surface area contributed by atoms with Gasteiger partial charge in [-0.05, 0) is 43.3 Å². The highest BCUT2D eigenvalue weighted by Crippen LogP contribution is 2.30. The van der Waals surface area contributed by atoms with E-state index in [9.17, 15) is 4.79 Å². The zero-order chi connectivity index (χ0) is 18.8. The second-order valence-electron chi connectivity index (χ2n) is 6.17. The molecule has 4 aromatic rings. The molecule has 27 heavy (non-hydrogen) atoms. The third-order valence-corrected chi connectivity index (χ3v) is 5.30. The fraction of sp³-hybridized carbons (Fsp3) is 0.0909. The number of carbonyl (C=O) groups is 1. The van der Waals surface area contributed by atoms with Crippen molar-refractivity contribution in [2.45, 2.75) is 6.92 Å². The largest absolute Gasteiger partial charge is 0.497 e. The molecule has 4 nitrogen and oxygen atoms in total. The molecule has 0 aliphatic heterocycles. The van der Waals surface area contributed by atoms with Gasteiger partial charge >= 0.3 is 0 Å². The number of hydrogen-bond donors (Lipinski definition) is 1. The molecule has 0 aliphatic carbocycles. The Balaban J connectivity index is 1.78. The van der Waals surface area contributed by atoms with Crippen LogP contribution in [0.15, 0.2) is 66.7 Å². The molecule has 0 aliphatic rings. The summed E-state index contributed by atoms with van der Waals surface area (Å²) in [5.41, 5.74) is 2.90. The third kappa shape index (κ3) is 3.55. The van der Waals surface area contributed by atoms with E-state index in [0.717, 1.165) is 21.5 Å². The van der Waals surface area contributed by atoms with Gasteiger partial charge in [-0.15, -0.1) is 11.3 Å². The Kier molecular flexibility index (Phi) is 4.60. The molecule has 2 heterocycles. The molecule has 1 N–H and O–H groups in total. The first-order valence-electron chi connectivity index (χ1n) is 8.56. The van der Waals surface area contributed by atoms with Crippen molar-refractivity contribution in [3.8, 4) is 16.3 Å². The predicted octanol–water partition coefficient (Wildman–Crippen LogP) is 5.53. The van der Waals surface area contributed by atoms with E-state index in [4.69, 9.17) is 9.72 Å². The first kappa shape index (κ1) is 17.2. The molecular weight excluding hydrogens is 356 g/mol. The highest BCUT2D eigenvalue weighted by atomic mass is 32.1. The highest BCUT2D eigenvalue weighted by Gasteiger charge is 2.15. The number of anilines is 1. The van der Waals surface area contributed by atoms with E-state index in [1.54, 1.807) is 24.5 Å². The van der Waals surface area contributed by atoms with E-state index in [2.05, 4.69) is 18.3 Å². The van der Waals surface area contributed by atoms with Crippen molar-refractivity contribution in [3.63, 3.8) is 0 Å². The lowest BCUT2D eigenvalue weighted by atomic mass is 10.1. The topological polar surface area (TPSA) is 51.2 Å². The van der Waals surface area contributed by atoms with Crippen molar-refractivity contribution in [1.82, 2.24) is 4.98 Å². The van der Waals surface area contributed by atoms with Crippen LogP contribution in [0.4, 0.5) is 5.69 Å². The van der Waals surface area contributed by atoms with E-state index in [0.29, 0.717) is 17.0 Å². The van der Waals surface area contributed by atoms with Crippen LogP contribution in [0.2, 0.25) is 0 Å². The number of aromatic nitrogens is 1. The number of pyridine rings is 1. The molecule has 134 valence electrons. The molecular formula is C22H18N2O2S. The summed E-state index contributed by atoms with van der Waals surface area (Å²) in [7, 11) is 1.60. The first-order valence-corrected chi connectivity index (χ1v) is 9.38. The molecule has 0 atom stereocenters. The number of hydrogen-bond acceptors (Lipinski definition) is 4. The highest BCUT2D eigenvalue weighted by molar-refractivity contribution is 7.15. The number of thiophene rings is 1. The summed E-state index contributed by atoms with van der Waals surface area (Å²) in [4.78, 5) is 20.0. The number of rotatable bonds is 4. The summed E-state index contributed by atoms with van der Waals surface area (Å²) in [6.45, 7) is 2.06. The number of nitrogens with zero attached hydrogens (tertiary/aromatic N) is 1. The Hall–Kier alpha value is -3.18. The van der Waals surface area contributed by atoms with E-state index >= 15 is 0 Å². The van der Waals surface area contributed by atoms with Crippen molar-refractivity contribution in [1.29, 1.82) is 0 Å². The van der Waals surface area contributed by atoms with Crippen LogP contribution in [0.1, 0.15) is 15.2 Å². The zero-order valence-corrected chi connectivity index (χ0v) is 15.8. The number of fused-ring (bicyclic) bond motifs is 1. The molecule has 0 bridgehead atoms. The second-order valence-corrected chi connectivity index (χ2v) is 7.46. The van der Waals surface area contributed by atoms with Gasteiger partial charge in [-0.1, -0.05) is 24.3 Å². The number of methoxy groups -OCH3 is 1. The van der Waals surface area contributed by atoms with Crippen LogP contribution in [0.25, 0.3) is 21.5 Å². The maximum absolute atomic E-state index is 13.0. The number of benzene rings is 2. The van der Waals surface area contributed by atoms with Crippen LogP contribution >= 0.6 is 11.3 Å². The standard InChI is InChI=1S/C22H18N2O2S/c1-14-10-11-21(27-14)20-13-18(17-8-3-4-9-19(17)24-20)22(25)23-15-6-5-7-16(12-15)26-2/h3-13H,1-2H3,(H,23,25). The van der Waals surface area contributed by atoms with E-state index in [-0.39, 0.29) is 5.91 Å². The normalized spacial score (nSPS) is 10.7. The Morgan fingerprint density at radius 2 is 1.89 bits per heavy atom. The predicted molar refractivity (Wildman–Crippen MR) is 111 cm³/mol.